The number of rotatable bonds is 4. The molecule has 1 aliphatic heterocycles. The Hall–Kier alpha value is -2.92. The van der Waals surface area contributed by atoms with Gasteiger partial charge in [-0.05, 0) is 23.1 Å². The van der Waals surface area contributed by atoms with Crippen molar-refractivity contribution in [3.05, 3.63) is 89.5 Å². The van der Waals surface area contributed by atoms with Crippen molar-refractivity contribution in [2.24, 2.45) is 7.05 Å². The van der Waals surface area contributed by atoms with E-state index < -0.39 is 6.10 Å². The summed E-state index contributed by atoms with van der Waals surface area (Å²) < 4.78 is 7.74. The van der Waals surface area contributed by atoms with Gasteiger partial charge in [-0.3, -0.25) is 4.79 Å². The Kier molecular flexibility index (Phi) is 4.54. The van der Waals surface area contributed by atoms with Crippen molar-refractivity contribution in [1.82, 2.24) is 14.9 Å². The molecule has 132 valence electrons. The second kappa shape index (κ2) is 7.14. The first-order valence-electron chi connectivity index (χ1n) is 8.76. The smallest absolute Gasteiger partial charge is 0.254 e. The number of nitrogens with zero attached hydrogens (tertiary/aromatic N) is 2. The molecule has 2 aromatic carbocycles. The lowest BCUT2D eigenvalue weighted by Crippen LogP contribution is -2.37. The van der Waals surface area contributed by atoms with E-state index in [1.54, 1.807) is 6.20 Å². The van der Waals surface area contributed by atoms with Gasteiger partial charge in [-0.1, -0.05) is 54.6 Å². The molecule has 0 spiro atoms. The van der Waals surface area contributed by atoms with Gasteiger partial charge in [-0.15, -0.1) is 0 Å². The Morgan fingerprint density at radius 3 is 2.73 bits per heavy atom. The molecule has 2 heterocycles. The minimum atomic E-state index is -0.591. The number of aromatic nitrogens is 2. The lowest BCUT2D eigenvalue weighted by Gasteiger charge is -2.27. The Morgan fingerprint density at radius 2 is 1.96 bits per heavy atom. The SMILES string of the molecule is Cn1ccnc1[C@H](NC(=O)[C@H]1OCCc2ccccc21)c1ccccc1. The van der Waals surface area contributed by atoms with E-state index in [9.17, 15) is 4.79 Å². The zero-order chi connectivity index (χ0) is 17.9. The second-order valence-corrected chi connectivity index (χ2v) is 6.45. The lowest BCUT2D eigenvalue weighted by molar-refractivity contribution is -0.134. The third-order valence-corrected chi connectivity index (χ3v) is 4.77. The van der Waals surface area contributed by atoms with Crippen LogP contribution in [0.15, 0.2) is 67.0 Å². The molecule has 3 aromatic rings. The van der Waals surface area contributed by atoms with Crippen LogP contribution < -0.4 is 5.32 Å². The van der Waals surface area contributed by atoms with Gasteiger partial charge in [0.25, 0.3) is 5.91 Å². The van der Waals surface area contributed by atoms with Crippen molar-refractivity contribution >= 4 is 5.91 Å². The van der Waals surface area contributed by atoms with Gasteiger partial charge in [-0.2, -0.15) is 0 Å². The summed E-state index contributed by atoms with van der Waals surface area (Å²) in [5.41, 5.74) is 3.11. The second-order valence-electron chi connectivity index (χ2n) is 6.45. The number of carbonyl (C=O) groups excluding carboxylic acids is 1. The van der Waals surface area contributed by atoms with Crippen LogP contribution in [0, 0.1) is 0 Å². The Morgan fingerprint density at radius 1 is 1.19 bits per heavy atom. The molecule has 0 aliphatic carbocycles. The molecule has 0 fully saturated rings. The third-order valence-electron chi connectivity index (χ3n) is 4.77. The van der Waals surface area contributed by atoms with Crippen molar-refractivity contribution in [2.45, 2.75) is 18.6 Å². The fourth-order valence-corrected chi connectivity index (χ4v) is 3.43. The van der Waals surface area contributed by atoms with Crippen molar-refractivity contribution in [1.29, 1.82) is 0 Å². The maximum absolute atomic E-state index is 13.1. The van der Waals surface area contributed by atoms with Crippen LogP contribution in [0.5, 0.6) is 0 Å². The number of ether oxygens (including phenoxy) is 1. The summed E-state index contributed by atoms with van der Waals surface area (Å²) in [6.45, 7) is 0.549. The van der Waals surface area contributed by atoms with Crippen LogP contribution in [0.3, 0.4) is 0 Å². The van der Waals surface area contributed by atoms with Crippen LogP contribution >= 0.6 is 0 Å². The number of hydrogen-bond donors (Lipinski definition) is 1. The van der Waals surface area contributed by atoms with Crippen LogP contribution in [-0.4, -0.2) is 22.1 Å². The first-order chi connectivity index (χ1) is 12.7. The van der Waals surface area contributed by atoms with Gasteiger partial charge in [0.05, 0.1) is 6.61 Å². The number of amides is 1. The van der Waals surface area contributed by atoms with Gasteiger partial charge in [0.1, 0.15) is 11.9 Å². The number of nitrogens with one attached hydrogen (secondary N) is 1. The summed E-state index contributed by atoms with van der Waals surface area (Å²) >= 11 is 0. The van der Waals surface area contributed by atoms with E-state index in [0.29, 0.717) is 6.61 Å². The first kappa shape index (κ1) is 16.5. The molecule has 0 bridgehead atoms. The number of fused-ring (bicyclic) bond motifs is 1. The number of imidazole rings is 1. The van der Waals surface area contributed by atoms with Gasteiger partial charge < -0.3 is 14.6 Å². The van der Waals surface area contributed by atoms with Gasteiger partial charge >= 0.3 is 0 Å². The van der Waals surface area contributed by atoms with Crippen LogP contribution in [-0.2, 0) is 23.0 Å². The van der Waals surface area contributed by atoms with E-state index in [1.807, 2.05) is 66.3 Å². The number of aryl methyl sites for hydroxylation is 1. The molecule has 1 N–H and O–H groups in total. The summed E-state index contributed by atoms with van der Waals surface area (Å²) in [7, 11) is 1.93. The molecule has 0 saturated carbocycles. The molecule has 0 unspecified atom stereocenters. The maximum Gasteiger partial charge on any atom is 0.254 e. The van der Waals surface area contributed by atoms with Gasteiger partial charge in [0.2, 0.25) is 0 Å². The van der Waals surface area contributed by atoms with Gasteiger partial charge in [0.15, 0.2) is 6.10 Å². The average molecular weight is 347 g/mol. The Bertz CT molecular complexity index is 904. The largest absolute Gasteiger partial charge is 0.363 e. The van der Waals surface area contributed by atoms with E-state index in [-0.39, 0.29) is 11.9 Å². The third kappa shape index (κ3) is 3.13. The quantitative estimate of drug-likeness (QED) is 0.789. The molecule has 5 heteroatoms. The standard InChI is InChI=1S/C21H21N3O2/c1-24-13-12-22-20(24)18(16-8-3-2-4-9-16)23-21(25)19-17-10-6-5-7-15(17)11-14-26-19/h2-10,12-13,18-19H,11,14H2,1H3,(H,23,25)/t18-,19+/m1/s1. The van der Waals surface area contributed by atoms with E-state index in [2.05, 4.69) is 16.4 Å². The fraction of sp³-hybridized carbons (Fsp3) is 0.238. The highest BCUT2D eigenvalue weighted by Gasteiger charge is 2.30. The van der Waals surface area contributed by atoms with Crippen molar-refractivity contribution in [3.8, 4) is 0 Å². The summed E-state index contributed by atoms with van der Waals surface area (Å²) in [5.74, 6) is 0.641. The molecular weight excluding hydrogens is 326 g/mol. The predicted molar refractivity (Wildman–Crippen MR) is 98.5 cm³/mol. The number of benzene rings is 2. The van der Waals surface area contributed by atoms with E-state index in [4.69, 9.17) is 4.74 Å². The summed E-state index contributed by atoms with van der Waals surface area (Å²) in [6.07, 6.45) is 3.86. The molecule has 4 rings (SSSR count). The number of hydrogen-bond acceptors (Lipinski definition) is 3. The minimum Gasteiger partial charge on any atom is -0.363 e. The van der Waals surface area contributed by atoms with E-state index in [1.165, 1.54) is 5.56 Å². The Balaban J connectivity index is 1.65. The maximum atomic E-state index is 13.1. The predicted octanol–water partition coefficient (Wildman–Crippen LogP) is 2.94. The lowest BCUT2D eigenvalue weighted by atomic mass is 9.96. The number of carbonyl (C=O) groups is 1. The Labute approximate surface area is 152 Å². The topological polar surface area (TPSA) is 56.2 Å². The van der Waals surface area contributed by atoms with Crippen molar-refractivity contribution < 1.29 is 9.53 Å². The zero-order valence-electron chi connectivity index (χ0n) is 14.6. The normalized spacial score (nSPS) is 17.3. The molecule has 1 aliphatic rings. The van der Waals surface area contributed by atoms with Gasteiger partial charge in [-0.25, -0.2) is 4.98 Å². The molecule has 2 atom stereocenters. The monoisotopic (exact) mass is 347 g/mol. The molecule has 26 heavy (non-hydrogen) atoms. The van der Waals surface area contributed by atoms with Crippen LogP contribution in [0.25, 0.3) is 0 Å². The van der Waals surface area contributed by atoms with E-state index in [0.717, 1.165) is 23.4 Å². The zero-order valence-corrected chi connectivity index (χ0v) is 14.6. The molecule has 1 amide bonds. The fourth-order valence-electron chi connectivity index (χ4n) is 3.43. The van der Waals surface area contributed by atoms with E-state index >= 15 is 0 Å². The van der Waals surface area contributed by atoms with Crippen molar-refractivity contribution in [3.63, 3.8) is 0 Å². The highest BCUT2D eigenvalue weighted by Crippen LogP contribution is 2.29. The van der Waals surface area contributed by atoms with Gasteiger partial charge in [0, 0.05) is 19.4 Å². The summed E-state index contributed by atoms with van der Waals surface area (Å²) in [5, 5.41) is 3.14. The molecule has 5 nitrogen and oxygen atoms in total. The molecule has 1 aromatic heterocycles. The summed E-state index contributed by atoms with van der Waals surface area (Å²) in [6, 6.07) is 17.5. The first-order valence-corrected chi connectivity index (χ1v) is 8.76. The van der Waals surface area contributed by atoms with Crippen LogP contribution in [0.1, 0.15) is 34.7 Å². The molecule has 0 saturated heterocycles. The molecule has 0 radical (unpaired) electrons. The highest BCUT2D eigenvalue weighted by atomic mass is 16.5. The summed E-state index contributed by atoms with van der Waals surface area (Å²) in [4.78, 5) is 17.5. The average Bonchev–Trinajstić information content (AvgIpc) is 3.12. The highest BCUT2D eigenvalue weighted by molar-refractivity contribution is 5.83. The van der Waals surface area contributed by atoms with Crippen molar-refractivity contribution in [2.75, 3.05) is 6.61 Å². The van der Waals surface area contributed by atoms with Crippen LogP contribution in [0.4, 0.5) is 0 Å². The minimum absolute atomic E-state index is 0.144. The van der Waals surface area contributed by atoms with Crippen LogP contribution in [0.2, 0.25) is 0 Å². The molecular formula is C21H21N3O2.